The van der Waals surface area contributed by atoms with E-state index < -0.39 is 21.8 Å². The lowest BCUT2D eigenvalue weighted by molar-refractivity contribution is 0.0656. The lowest BCUT2D eigenvalue weighted by Crippen LogP contribution is -2.37. The Morgan fingerprint density at radius 2 is 1.95 bits per heavy atom. The van der Waals surface area contributed by atoms with Gasteiger partial charge in [-0.05, 0) is 25.0 Å². The maximum Gasteiger partial charge on any atom is 0.371 e. The molecule has 1 unspecified atom stereocenters. The highest BCUT2D eigenvalue weighted by Gasteiger charge is 2.25. The fourth-order valence-corrected chi connectivity index (χ4v) is 3.22. The highest BCUT2D eigenvalue weighted by molar-refractivity contribution is 7.89. The number of hydrogen-bond acceptors (Lipinski definition) is 4. The summed E-state index contributed by atoms with van der Waals surface area (Å²) in [7, 11) is -3.82. The van der Waals surface area contributed by atoms with Gasteiger partial charge in [0.25, 0.3) is 10.0 Å². The Hall–Kier alpha value is -1.34. The standard InChI is InChI=1S/C12H19NO5S/c1-4-9(5-2)8(3)13-19(16,17)11-7-6-10(18-11)12(14)15/h6-9,13H,4-5H2,1-3H3,(H,14,15). The third kappa shape index (κ3) is 3.81. The number of carboxylic acid groups (broad SMARTS) is 1. The molecule has 1 atom stereocenters. The normalized spacial score (nSPS) is 13.7. The summed E-state index contributed by atoms with van der Waals surface area (Å²) in [6.07, 6.45) is 1.72. The SMILES string of the molecule is CCC(CC)C(C)NS(=O)(=O)c1ccc(C(=O)O)o1. The Labute approximate surface area is 112 Å². The van der Waals surface area contributed by atoms with Crippen LogP contribution in [-0.2, 0) is 10.0 Å². The van der Waals surface area contributed by atoms with Crippen molar-refractivity contribution < 1.29 is 22.7 Å². The number of aromatic carboxylic acids is 1. The number of nitrogens with one attached hydrogen (secondary N) is 1. The van der Waals surface area contributed by atoms with Gasteiger partial charge in [-0.15, -0.1) is 0 Å². The van der Waals surface area contributed by atoms with Crippen molar-refractivity contribution in [1.82, 2.24) is 4.72 Å². The highest BCUT2D eigenvalue weighted by atomic mass is 32.2. The Kier molecular flexibility index (Phi) is 5.13. The van der Waals surface area contributed by atoms with Crippen LogP contribution in [0.3, 0.4) is 0 Å². The number of rotatable bonds is 7. The van der Waals surface area contributed by atoms with Crippen LogP contribution in [0.2, 0.25) is 0 Å². The molecule has 2 N–H and O–H groups in total. The van der Waals surface area contributed by atoms with E-state index in [4.69, 9.17) is 9.52 Å². The molecule has 0 bridgehead atoms. The molecule has 0 saturated carbocycles. The average molecular weight is 289 g/mol. The van der Waals surface area contributed by atoms with Gasteiger partial charge in [-0.1, -0.05) is 26.7 Å². The quantitative estimate of drug-likeness (QED) is 0.801. The lowest BCUT2D eigenvalue weighted by atomic mass is 9.96. The van der Waals surface area contributed by atoms with Crippen molar-refractivity contribution in [3.8, 4) is 0 Å². The molecule has 108 valence electrons. The molecule has 6 nitrogen and oxygen atoms in total. The van der Waals surface area contributed by atoms with E-state index in [1.54, 1.807) is 6.92 Å². The first-order valence-electron chi connectivity index (χ1n) is 6.17. The minimum Gasteiger partial charge on any atom is -0.475 e. The van der Waals surface area contributed by atoms with Gasteiger partial charge in [0.1, 0.15) is 0 Å². The molecule has 1 aromatic heterocycles. The zero-order valence-corrected chi connectivity index (χ0v) is 12.0. The van der Waals surface area contributed by atoms with Crippen molar-refractivity contribution in [2.75, 3.05) is 0 Å². The van der Waals surface area contributed by atoms with Crippen LogP contribution in [0.15, 0.2) is 21.6 Å². The number of hydrogen-bond donors (Lipinski definition) is 2. The van der Waals surface area contributed by atoms with E-state index in [-0.39, 0.29) is 17.1 Å². The molecule has 1 rings (SSSR count). The third-order valence-corrected chi connectivity index (χ3v) is 4.59. The molecule has 19 heavy (non-hydrogen) atoms. The third-order valence-electron chi connectivity index (χ3n) is 3.15. The smallest absolute Gasteiger partial charge is 0.371 e. The van der Waals surface area contributed by atoms with Crippen molar-refractivity contribution in [3.05, 3.63) is 17.9 Å². The fourth-order valence-electron chi connectivity index (χ4n) is 1.97. The van der Waals surface area contributed by atoms with E-state index >= 15 is 0 Å². The van der Waals surface area contributed by atoms with Crippen molar-refractivity contribution in [3.63, 3.8) is 0 Å². The number of carbonyl (C=O) groups is 1. The Balaban J connectivity index is 2.88. The van der Waals surface area contributed by atoms with Crippen LogP contribution in [0.25, 0.3) is 0 Å². The van der Waals surface area contributed by atoms with Gasteiger partial charge >= 0.3 is 5.97 Å². The van der Waals surface area contributed by atoms with E-state index in [2.05, 4.69) is 4.72 Å². The zero-order valence-electron chi connectivity index (χ0n) is 11.2. The highest BCUT2D eigenvalue weighted by Crippen LogP contribution is 2.18. The molecule has 0 amide bonds. The molecule has 0 aliphatic heterocycles. The van der Waals surface area contributed by atoms with Crippen LogP contribution in [0.5, 0.6) is 0 Å². The molecule has 0 aromatic carbocycles. The number of sulfonamides is 1. The first-order chi connectivity index (χ1) is 8.81. The molecule has 0 aliphatic rings. The second-order valence-corrected chi connectivity index (χ2v) is 6.06. The molecule has 1 aromatic rings. The van der Waals surface area contributed by atoms with Gasteiger partial charge < -0.3 is 9.52 Å². The predicted molar refractivity (Wildman–Crippen MR) is 69.5 cm³/mol. The minimum atomic E-state index is -3.82. The maximum atomic E-state index is 12.0. The van der Waals surface area contributed by atoms with E-state index in [0.717, 1.165) is 25.0 Å². The molecule has 0 spiro atoms. The molecule has 7 heteroatoms. The predicted octanol–water partition coefficient (Wildman–Crippen LogP) is 2.08. The van der Waals surface area contributed by atoms with Crippen LogP contribution in [0.4, 0.5) is 0 Å². The monoisotopic (exact) mass is 289 g/mol. The summed E-state index contributed by atoms with van der Waals surface area (Å²) in [5.41, 5.74) is 0. The lowest BCUT2D eigenvalue weighted by Gasteiger charge is -2.21. The van der Waals surface area contributed by atoms with Crippen LogP contribution in [0, 0.1) is 5.92 Å². The van der Waals surface area contributed by atoms with Gasteiger partial charge in [0.05, 0.1) is 0 Å². The van der Waals surface area contributed by atoms with Crippen molar-refractivity contribution >= 4 is 16.0 Å². The first kappa shape index (κ1) is 15.7. The number of furan rings is 1. The van der Waals surface area contributed by atoms with Gasteiger partial charge in [-0.25, -0.2) is 17.9 Å². The molecule has 0 radical (unpaired) electrons. The summed E-state index contributed by atoms with van der Waals surface area (Å²) in [6, 6.07) is 2.03. The molecule has 0 aliphatic carbocycles. The maximum absolute atomic E-state index is 12.0. The summed E-state index contributed by atoms with van der Waals surface area (Å²) in [5.74, 6) is -1.46. The number of carboxylic acids is 1. The largest absolute Gasteiger partial charge is 0.475 e. The second-order valence-electron chi connectivity index (χ2n) is 4.41. The average Bonchev–Trinajstić information content (AvgIpc) is 2.79. The van der Waals surface area contributed by atoms with Crippen LogP contribution < -0.4 is 4.72 Å². The molecule has 0 fully saturated rings. The van der Waals surface area contributed by atoms with Crippen LogP contribution >= 0.6 is 0 Å². The molecular weight excluding hydrogens is 270 g/mol. The first-order valence-corrected chi connectivity index (χ1v) is 7.65. The van der Waals surface area contributed by atoms with E-state index in [9.17, 15) is 13.2 Å². The van der Waals surface area contributed by atoms with Gasteiger partial charge in [0.2, 0.25) is 10.9 Å². The van der Waals surface area contributed by atoms with Crippen LogP contribution in [-0.4, -0.2) is 25.5 Å². The Morgan fingerprint density at radius 1 is 1.37 bits per heavy atom. The zero-order chi connectivity index (χ0) is 14.6. The van der Waals surface area contributed by atoms with E-state index in [1.165, 1.54) is 0 Å². The summed E-state index contributed by atoms with van der Waals surface area (Å²) < 4.78 is 31.4. The summed E-state index contributed by atoms with van der Waals surface area (Å²) in [6.45, 7) is 5.78. The Bertz CT molecular complexity index is 530. The summed E-state index contributed by atoms with van der Waals surface area (Å²) >= 11 is 0. The fraction of sp³-hybridized carbons (Fsp3) is 0.583. The Morgan fingerprint density at radius 3 is 2.37 bits per heavy atom. The summed E-state index contributed by atoms with van der Waals surface area (Å²) in [5, 5.41) is 8.33. The molecule has 0 saturated heterocycles. The topological polar surface area (TPSA) is 96.6 Å². The van der Waals surface area contributed by atoms with Crippen molar-refractivity contribution in [2.24, 2.45) is 5.92 Å². The van der Waals surface area contributed by atoms with Crippen molar-refractivity contribution in [2.45, 2.75) is 44.7 Å². The van der Waals surface area contributed by atoms with Gasteiger partial charge in [-0.2, -0.15) is 0 Å². The van der Waals surface area contributed by atoms with Gasteiger partial charge in [-0.3, -0.25) is 0 Å². The minimum absolute atomic E-state index is 0.226. The molecular formula is C12H19NO5S. The second kappa shape index (κ2) is 6.21. The summed E-state index contributed by atoms with van der Waals surface area (Å²) in [4.78, 5) is 10.7. The van der Waals surface area contributed by atoms with Gasteiger partial charge in [0.15, 0.2) is 0 Å². The van der Waals surface area contributed by atoms with Crippen LogP contribution in [0.1, 0.15) is 44.2 Å². The van der Waals surface area contributed by atoms with Gasteiger partial charge in [0, 0.05) is 6.04 Å². The molecule has 1 heterocycles. The van der Waals surface area contributed by atoms with E-state index in [0.29, 0.717) is 0 Å². The van der Waals surface area contributed by atoms with Crippen molar-refractivity contribution in [1.29, 1.82) is 0 Å². The van der Waals surface area contributed by atoms with E-state index in [1.807, 2.05) is 13.8 Å².